The molecule has 3 heteroatoms. The number of hydrogen-bond donors (Lipinski definition) is 1. The van der Waals surface area contributed by atoms with Crippen LogP contribution in [0.5, 0.6) is 5.75 Å². The molecule has 1 aromatic carbocycles. The van der Waals surface area contributed by atoms with Crippen molar-refractivity contribution in [2.45, 2.75) is 6.92 Å². The summed E-state index contributed by atoms with van der Waals surface area (Å²) in [7, 11) is 1.68. The average molecular weight is 188 g/mol. The Labute approximate surface area is 82.7 Å². The molecule has 0 unspecified atom stereocenters. The topological polar surface area (TPSA) is 37.9 Å². The van der Waals surface area contributed by atoms with Crippen LogP contribution in [-0.4, -0.2) is 17.3 Å². The van der Waals surface area contributed by atoms with E-state index < -0.39 is 0 Å². The van der Waals surface area contributed by atoms with Gasteiger partial charge in [0, 0.05) is 11.8 Å². The fraction of sp³-hybridized carbons (Fsp3) is 0.182. The quantitative estimate of drug-likeness (QED) is 0.785. The second-order valence-corrected chi connectivity index (χ2v) is 3.17. The molecular formula is C11H12N2O. The van der Waals surface area contributed by atoms with E-state index in [4.69, 9.17) is 4.74 Å². The van der Waals surface area contributed by atoms with Gasteiger partial charge in [-0.1, -0.05) is 6.07 Å². The smallest absolute Gasteiger partial charge is 0.121 e. The maximum absolute atomic E-state index is 5.19. The van der Waals surface area contributed by atoms with Crippen molar-refractivity contribution < 1.29 is 4.74 Å². The Hall–Kier alpha value is -1.77. The summed E-state index contributed by atoms with van der Waals surface area (Å²) in [5.74, 6) is 0.914. The number of hydrogen-bond acceptors (Lipinski definition) is 2. The zero-order valence-corrected chi connectivity index (χ0v) is 8.24. The normalized spacial score (nSPS) is 10.1. The monoisotopic (exact) mass is 188 g/mol. The molecule has 0 saturated carbocycles. The lowest BCUT2D eigenvalue weighted by Crippen LogP contribution is -1.86. The van der Waals surface area contributed by atoms with Crippen LogP contribution in [-0.2, 0) is 0 Å². The van der Waals surface area contributed by atoms with Gasteiger partial charge in [-0.3, -0.25) is 5.10 Å². The summed E-state index contributed by atoms with van der Waals surface area (Å²) >= 11 is 0. The van der Waals surface area contributed by atoms with Gasteiger partial charge in [0.1, 0.15) is 5.75 Å². The Morgan fingerprint density at radius 3 is 2.71 bits per heavy atom. The third-order valence-electron chi connectivity index (χ3n) is 2.23. The van der Waals surface area contributed by atoms with Crippen molar-refractivity contribution >= 4 is 0 Å². The molecule has 2 aromatic rings. The summed E-state index contributed by atoms with van der Waals surface area (Å²) in [5, 5.41) is 6.71. The summed E-state index contributed by atoms with van der Waals surface area (Å²) in [4.78, 5) is 0. The van der Waals surface area contributed by atoms with E-state index in [2.05, 4.69) is 16.3 Å². The van der Waals surface area contributed by atoms with E-state index in [1.54, 1.807) is 13.3 Å². The number of aromatic amines is 1. The first-order valence-electron chi connectivity index (χ1n) is 4.45. The lowest BCUT2D eigenvalue weighted by Gasteiger charge is -2.05. The number of aryl methyl sites for hydroxylation is 1. The Balaban J connectivity index is 2.43. The molecule has 0 spiro atoms. The second kappa shape index (κ2) is 3.54. The number of benzene rings is 1. The van der Waals surface area contributed by atoms with Crippen molar-refractivity contribution in [3.05, 3.63) is 36.2 Å². The van der Waals surface area contributed by atoms with Crippen LogP contribution in [0.1, 0.15) is 5.56 Å². The highest BCUT2D eigenvalue weighted by Crippen LogP contribution is 2.24. The zero-order valence-electron chi connectivity index (χ0n) is 8.24. The largest absolute Gasteiger partial charge is 0.496 e. The Kier molecular flexibility index (Phi) is 2.23. The van der Waals surface area contributed by atoms with E-state index in [-0.39, 0.29) is 0 Å². The Morgan fingerprint density at radius 1 is 1.29 bits per heavy atom. The minimum Gasteiger partial charge on any atom is -0.496 e. The first-order chi connectivity index (χ1) is 6.81. The van der Waals surface area contributed by atoms with E-state index in [0.717, 1.165) is 22.4 Å². The van der Waals surface area contributed by atoms with Crippen LogP contribution >= 0.6 is 0 Å². The summed E-state index contributed by atoms with van der Waals surface area (Å²) in [6.45, 7) is 2.03. The molecule has 0 bridgehead atoms. The van der Waals surface area contributed by atoms with Gasteiger partial charge in [-0.15, -0.1) is 0 Å². The third-order valence-corrected chi connectivity index (χ3v) is 2.23. The van der Waals surface area contributed by atoms with Crippen LogP contribution < -0.4 is 4.74 Å². The number of rotatable bonds is 2. The van der Waals surface area contributed by atoms with E-state index in [0.29, 0.717) is 0 Å². The highest BCUT2D eigenvalue weighted by molar-refractivity contribution is 5.63. The molecule has 1 N–H and O–H groups in total. The highest BCUT2D eigenvalue weighted by atomic mass is 16.5. The molecule has 14 heavy (non-hydrogen) atoms. The average Bonchev–Trinajstić information content (AvgIpc) is 2.70. The number of H-pyrrole nitrogens is 1. The molecule has 1 aromatic heterocycles. The maximum Gasteiger partial charge on any atom is 0.121 e. The first-order valence-corrected chi connectivity index (χ1v) is 4.45. The van der Waals surface area contributed by atoms with Crippen LogP contribution in [0, 0.1) is 6.92 Å². The van der Waals surface area contributed by atoms with Gasteiger partial charge in [0.2, 0.25) is 0 Å². The van der Waals surface area contributed by atoms with Gasteiger partial charge in [-0.05, 0) is 30.2 Å². The molecule has 3 nitrogen and oxygen atoms in total. The molecule has 0 fully saturated rings. The van der Waals surface area contributed by atoms with Gasteiger partial charge < -0.3 is 4.74 Å². The lowest BCUT2D eigenvalue weighted by atomic mass is 10.1. The molecule has 0 aliphatic carbocycles. The molecule has 0 radical (unpaired) electrons. The highest BCUT2D eigenvalue weighted by Gasteiger charge is 2.02. The summed E-state index contributed by atoms with van der Waals surface area (Å²) < 4.78 is 5.19. The fourth-order valence-corrected chi connectivity index (χ4v) is 1.47. The molecule has 0 aliphatic heterocycles. The van der Waals surface area contributed by atoms with E-state index in [1.807, 2.05) is 25.3 Å². The predicted molar refractivity (Wildman–Crippen MR) is 55.3 cm³/mol. The van der Waals surface area contributed by atoms with Crippen molar-refractivity contribution in [3.8, 4) is 16.9 Å². The van der Waals surface area contributed by atoms with E-state index in [1.165, 1.54) is 0 Å². The number of aromatic nitrogens is 2. The van der Waals surface area contributed by atoms with Crippen molar-refractivity contribution in [1.29, 1.82) is 0 Å². The van der Waals surface area contributed by atoms with Crippen LogP contribution in [0.2, 0.25) is 0 Å². The van der Waals surface area contributed by atoms with Gasteiger partial charge >= 0.3 is 0 Å². The molecule has 72 valence electrons. The van der Waals surface area contributed by atoms with Gasteiger partial charge in [0.05, 0.1) is 13.3 Å². The fourth-order valence-electron chi connectivity index (χ4n) is 1.47. The molecule has 0 aliphatic rings. The van der Waals surface area contributed by atoms with Crippen molar-refractivity contribution in [2.75, 3.05) is 7.11 Å². The molecular weight excluding hydrogens is 176 g/mol. The third kappa shape index (κ3) is 1.48. The Morgan fingerprint density at radius 2 is 2.14 bits per heavy atom. The number of nitrogens with one attached hydrogen (secondary N) is 1. The van der Waals surface area contributed by atoms with E-state index >= 15 is 0 Å². The van der Waals surface area contributed by atoms with Crippen LogP contribution in [0.3, 0.4) is 0 Å². The maximum atomic E-state index is 5.19. The number of nitrogens with zero attached hydrogens (tertiary/aromatic N) is 1. The lowest BCUT2D eigenvalue weighted by molar-refractivity contribution is 0.412. The van der Waals surface area contributed by atoms with Gasteiger partial charge in [0.25, 0.3) is 0 Å². The number of ether oxygens (including phenoxy) is 1. The second-order valence-electron chi connectivity index (χ2n) is 3.17. The minimum absolute atomic E-state index is 0.914. The predicted octanol–water partition coefficient (Wildman–Crippen LogP) is 2.39. The van der Waals surface area contributed by atoms with Crippen molar-refractivity contribution in [2.24, 2.45) is 0 Å². The molecule has 0 saturated heterocycles. The summed E-state index contributed by atoms with van der Waals surface area (Å²) in [6.07, 6.45) is 3.68. The van der Waals surface area contributed by atoms with Crippen LogP contribution in [0.25, 0.3) is 11.1 Å². The molecule has 2 rings (SSSR count). The van der Waals surface area contributed by atoms with Gasteiger partial charge in [0.15, 0.2) is 0 Å². The number of methoxy groups -OCH3 is 1. The van der Waals surface area contributed by atoms with Gasteiger partial charge in [-0.2, -0.15) is 5.10 Å². The molecule has 0 amide bonds. The Bertz CT molecular complexity index is 421. The van der Waals surface area contributed by atoms with Crippen molar-refractivity contribution in [1.82, 2.24) is 10.2 Å². The standard InChI is InChI=1S/C11H12N2O/c1-8-5-9(3-4-11(8)14-2)10-6-12-13-7-10/h3-7H,1-2H3,(H,12,13). The zero-order chi connectivity index (χ0) is 9.97. The van der Waals surface area contributed by atoms with Crippen molar-refractivity contribution in [3.63, 3.8) is 0 Å². The van der Waals surface area contributed by atoms with Crippen LogP contribution in [0.15, 0.2) is 30.6 Å². The van der Waals surface area contributed by atoms with Gasteiger partial charge in [-0.25, -0.2) is 0 Å². The molecule has 1 heterocycles. The SMILES string of the molecule is COc1ccc(-c2cn[nH]c2)cc1C. The molecule has 0 atom stereocenters. The summed E-state index contributed by atoms with van der Waals surface area (Å²) in [6, 6.07) is 6.08. The summed E-state index contributed by atoms with van der Waals surface area (Å²) in [5.41, 5.74) is 3.37. The minimum atomic E-state index is 0.914. The van der Waals surface area contributed by atoms with E-state index in [9.17, 15) is 0 Å². The van der Waals surface area contributed by atoms with Crippen LogP contribution in [0.4, 0.5) is 0 Å². The first kappa shape index (κ1) is 8.81.